The van der Waals surface area contributed by atoms with Crippen LogP contribution in [0.2, 0.25) is 0 Å². The summed E-state index contributed by atoms with van der Waals surface area (Å²) in [5.74, 6) is 1.88. The van der Waals surface area contributed by atoms with Crippen LogP contribution in [0.1, 0.15) is 18.7 Å². The predicted octanol–water partition coefficient (Wildman–Crippen LogP) is 1.45. The molecule has 1 saturated heterocycles. The third kappa shape index (κ3) is 2.72. The van der Waals surface area contributed by atoms with Crippen LogP contribution < -0.4 is 10.6 Å². The van der Waals surface area contributed by atoms with E-state index in [1.807, 2.05) is 30.9 Å². The van der Waals surface area contributed by atoms with Gasteiger partial charge in [-0.1, -0.05) is 0 Å². The van der Waals surface area contributed by atoms with Crippen LogP contribution >= 0.6 is 11.8 Å². The highest BCUT2D eigenvalue weighted by Crippen LogP contribution is 2.34. The van der Waals surface area contributed by atoms with Crippen molar-refractivity contribution >= 4 is 17.6 Å². The Morgan fingerprint density at radius 2 is 2.18 bits per heavy atom. The number of hydrogen-bond acceptors (Lipinski definition) is 5. The second-order valence-electron chi connectivity index (χ2n) is 4.54. The number of piperidine rings is 1. The Morgan fingerprint density at radius 3 is 2.71 bits per heavy atom. The van der Waals surface area contributed by atoms with Crippen LogP contribution in [-0.2, 0) is 0 Å². The summed E-state index contributed by atoms with van der Waals surface area (Å²) in [5, 5.41) is 0. The lowest BCUT2D eigenvalue weighted by atomic mass is 9.96. The molecule has 0 aliphatic carbocycles. The van der Waals surface area contributed by atoms with Crippen LogP contribution in [0.5, 0.6) is 0 Å². The predicted molar refractivity (Wildman–Crippen MR) is 73.5 cm³/mol. The molecule has 94 valence electrons. The van der Waals surface area contributed by atoms with E-state index in [4.69, 9.17) is 5.73 Å². The zero-order valence-electron chi connectivity index (χ0n) is 10.5. The zero-order chi connectivity index (χ0) is 12.3. The molecule has 0 saturated carbocycles. The molecular formula is C12H20N4S. The summed E-state index contributed by atoms with van der Waals surface area (Å²) in [6, 6.07) is 1.99. The fourth-order valence-corrected chi connectivity index (χ4v) is 3.01. The molecule has 1 aliphatic heterocycles. The highest BCUT2D eigenvalue weighted by molar-refractivity contribution is 8.00. The van der Waals surface area contributed by atoms with Crippen LogP contribution in [-0.4, -0.2) is 40.6 Å². The van der Waals surface area contributed by atoms with E-state index < -0.39 is 0 Å². The van der Waals surface area contributed by atoms with E-state index in [0.717, 1.165) is 44.1 Å². The quantitative estimate of drug-likeness (QED) is 0.882. The SMILES string of the molecule is CSC1(CN)CCN(c2ccnc(C)n2)CC1. The van der Waals surface area contributed by atoms with Gasteiger partial charge in [0.2, 0.25) is 0 Å². The number of aromatic nitrogens is 2. The highest BCUT2D eigenvalue weighted by Gasteiger charge is 2.32. The molecular weight excluding hydrogens is 232 g/mol. The van der Waals surface area contributed by atoms with Crippen LogP contribution in [0, 0.1) is 6.92 Å². The van der Waals surface area contributed by atoms with Gasteiger partial charge in [-0.25, -0.2) is 9.97 Å². The molecule has 0 unspecified atom stereocenters. The molecule has 2 rings (SSSR count). The maximum absolute atomic E-state index is 5.89. The first-order valence-electron chi connectivity index (χ1n) is 5.99. The largest absolute Gasteiger partial charge is 0.356 e. The second-order valence-corrected chi connectivity index (χ2v) is 5.81. The van der Waals surface area contributed by atoms with E-state index >= 15 is 0 Å². The third-order valence-electron chi connectivity index (χ3n) is 3.57. The minimum atomic E-state index is 0.276. The molecule has 0 atom stereocenters. The van der Waals surface area contributed by atoms with Crippen molar-refractivity contribution in [1.29, 1.82) is 0 Å². The van der Waals surface area contributed by atoms with Crippen LogP contribution in [0.3, 0.4) is 0 Å². The van der Waals surface area contributed by atoms with Gasteiger partial charge >= 0.3 is 0 Å². The zero-order valence-corrected chi connectivity index (χ0v) is 11.3. The summed E-state index contributed by atoms with van der Waals surface area (Å²) in [6.45, 7) is 4.77. The van der Waals surface area contributed by atoms with Gasteiger partial charge in [0.1, 0.15) is 11.6 Å². The highest BCUT2D eigenvalue weighted by atomic mass is 32.2. The molecule has 1 aliphatic rings. The summed E-state index contributed by atoms with van der Waals surface area (Å²) < 4.78 is 0.276. The lowest BCUT2D eigenvalue weighted by Crippen LogP contribution is -2.46. The van der Waals surface area contributed by atoms with Crippen molar-refractivity contribution in [3.05, 3.63) is 18.1 Å². The standard InChI is InChI=1S/C12H20N4S/c1-10-14-6-3-11(15-10)16-7-4-12(9-13,17-2)5-8-16/h3,6H,4-5,7-9,13H2,1-2H3. The van der Waals surface area contributed by atoms with Crippen molar-refractivity contribution in [2.45, 2.75) is 24.5 Å². The first-order valence-corrected chi connectivity index (χ1v) is 7.21. The summed E-state index contributed by atoms with van der Waals surface area (Å²) in [5.41, 5.74) is 5.89. The summed E-state index contributed by atoms with van der Waals surface area (Å²) in [6.07, 6.45) is 6.26. The van der Waals surface area contributed by atoms with Crippen molar-refractivity contribution in [2.24, 2.45) is 5.73 Å². The van der Waals surface area contributed by atoms with Crippen molar-refractivity contribution in [3.63, 3.8) is 0 Å². The smallest absolute Gasteiger partial charge is 0.132 e. The molecule has 1 aromatic rings. The van der Waals surface area contributed by atoms with Crippen LogP contribution in [0.4, 0.5) is 5.82 Å². The van der Waals surface area contributed by atoms with E-state index in [9.17, 15) is 0 Å². The maximum Gasteiger partial charge on any atom is 0.132 e. The molecule has 4 nitrogen and oxygen atoms in total. The van der Waals surface area contributed by atoms with Gasteiger partial charge in [0.05, 0.1) is 0 Å². The average Bonchev–Trinajstić information content (AvgIpc) is 2.39. The molecule has 2 N–H and O–H groups in total. The van der Waals surface area contributed by atoms with Gasteiger partial charge in [0, 0.05) is 30.6 Å². The molecule has 0 aromatic carbocycles. The summed E-state index contributed by atoms with van der Waals surface area (Å²) in [4.78, 5) is 10.9. The fraction of sp³-hybridized carbons (Fsp3) is 0.667. The molecule has 1 aromatic heterocycles. The van der Waals surface area contributed by atoms with Gasteiger partial charge in [-0.15, -0.1) is 0 Å². The molecule has 0 radical (unpaired) electrons. The monoisotopic (exact) mass is 252 g/mol. The van der Waals surface area contributed by atoms with Gasteiger partial charge in [-0.3, -0.25) is 0 Å². The van der Waals surface area contributed by atoms with E-state index in [0.29, 0.717) is 0 Å². The Bertz CT molecular complexity index is 369. The van der Waals surface area contributed by atoms with E-state index in [1.54, 1.807) is 0 Å². The Morgan fingerprint density at radius 1 is 1.47 bits per heavy atom. The van der Waals surface area contributed by atoms with Crippen LogP contribution in [0.25, 0.3) is 0 Å². The fourth-order valence-electron chi connectivity index (χ4n) is 2.25. The first-order chi connectivity index (χ1) is 8.19. The topological polar surface area (TPSA) is 55.0 Å². The molecule has 5 heteroatoms. The van der Waals surface area contributed by atoms with Gasteiger partial charge in [0.25, 0.3) is 0 Å². The molecule has 1 fully saturated rings. The number of thioether (sulfide) groups is 1. The molecule has 0 amide bonds. The normalized spacial score (nSPS) is 19.4. The van der Waals surface area contributed by atoms with Gasteiger partial charge in [-0.05, 0) is 32.1 Å². The van der Waals surface area contributed by atoms with E-state index in [1.165, 1.54) is 0 Å². The number of aryl methyl sites for hydroxylation is 1. The summed E-state index contributed by atoms with van der Waals surface area (Å²) in [7, 11) is 0. The van der Waals surface area contributed by atoms with E-state index in [2.05, 4.69) is 21.1 Å². The lowest BCUT2D eigenvalue weighted by Gasteiger charge is -2.40. The van der Waals surface area contributed by atoms with Gasteiger partial charge in [-0.2, -0.15) is 11.8 Å². The first kappa shape index (κ1) is 12.6. The number of nitrogens with zero attached hydrogens (tertiary/aromatic N) is 3. The molecule has 0 bridgehead atoms. The Hall–Kier alpha value is -0.810. The number of hydrogen-bond donors (Lipinski definition) is 1. The number of rotatable bonds is 3. The maximum atomic E-state index is 5.89. The Labute approximate surface area is 107 Å². The molecule has 2 heterocycles. The van der Waals surface area contributed by atoms with Crippen molar-refractivity contribution in [1.82, 2.24) is 9.97 Å². The lowest BCUT2D eigenvalue weighted by molar-refractivity contribution is 0.455. The van der Waals surface area contributed by atoms with E-state index in [-0.39, 0.29) is 4.75 Å². The van der Waals surface area contributed by atoms with Crippen molar-refractivity contribution in [3.8, 4) is 0 Å². The summed E-state index contributed by atoms with van der Waals surface area (Å²) >= 11 is 1.91. The van der Waals surface area contributed by atoms with Crippen molar-refractivity contribution in [2.75, 3.05) is 30.8 Å². The number of anilines is 1. The third-order valence-corrected chi connectivity index (χ3v) is 5.01. The second kappa shape index (κ2) is 5.23. The van der Waals surface area contributed by atoms with Gasteiger partial charge < -0.3 is 10.6 Å². The minimum Gasteiger partial charge on any atom is -0.356 e. The average molecular weight is 252 g/mol. The Balaban J connectivity index is 2.04. The molecule has 17 heavy (non-hydrogen) atoms. The Kier molecular flexibility index (Phi) is 3.89. The van der Waals surface area contributed by atoms with Gasteiger partial charge in [0.15, 0.2) is 0 Å². The minimum absolute atomic E-state index is 0.276. The number of nitrogens with two attached hydrogens (primary N) is 1. The van der Waals surface area contributed by atoms with Crippen LogP contribution in [0.15, 0.2) is 12.3 Å². The van der Waals surface area contributed by atoms with Crippen molar-refractivity contribution < 1.29 is 0 Å². The molecule has 0 spiro atoms.